The van der Waals surface area contributed by atoms with Crippen LogP contribution in [-0.2, 0) is 6.54 Å². The van der Waals surface area contributed by atoms with Gasteiger partial charge < -0.3 is 10.5 Å². The number of ether oxygens (including phenoxy) is 1. The highest BCUT2D eigenvalue weighted by molar-refractivity contribution is 5.43. The van der Waals surface area contributed by atoms with E-state index < -0.39 is 0 Å². The fraction of sp³-hybridized carbons (Fsp3) is 0.533. The minimum atomic E-state index is 0.501. The summed E-state index contributed by atoms with van der Waals surface area (Å²) < 4.78 is 7.58. The summed E-state index contributed by atoms with van der Waals surface area (Å²) in [5, 5.41) is 12.1. The fourth-order valence-electron chi connectivity index (χ4n) is 2.88. The van der Waals surface area contributed by atoms with Gasteiger partial charge in [-0.3, -0.25) is 0 Å². The molecule has 1 saturated carbocycles. The summed E-state index contributed by atoms with van der Waals surface area (Å²) in [4.78, 5) is 0. The van der Waals surface area contributed by atoms with Crippen molar-refractivity contribution >= 4 is 5.69 Å². The Hall–Kier alpha value is -2.11. The molecule has 6 heteroatoms. The maximum absolute atomic E-state index is 5.73. The van der Waals surface area contributed by atoms with Crippen LogP contribution in [0.25, 0.3) is 0 Å². The van der Waals surface area contributed by atoms with Gasteiger partial charge in [0.05, 0.1) is 6.54 Å². The minimum absolute atomic E-state index is 0.501. The maximum atomic E-state index is 5.73. The molecule has 1 heterocycles. The summed E-state index contributed by atoms with van der Waals surface area (Å²) in [6, 6.07) is 7.45. The van der Waals surface area contributed by atoms with E-state index in [1.165, 1.54) is 32.1 Å². The van der Waals surface area contributed by atoms with Crippen LogP contribution >= 0.6 is 0 Å². The van der Waals surface area contributed by atoms with E-state index in [-0.39, 0.29) is 0 Å². The number of tetrazole rings is 1. The van der Waals surface area contributed by atoms with Crippen molar-refractivity contribution in [1.29, 1.82) is 0 Å². The molecular formula is C15H21N5O. The van der Waals surface area contributed by atoms with Crippen molar-refractivity contribution in [3.05, 3.63) is 30.1 Å². The molecule has 0 unspecified atom stereocenters. The normalized spacial score (nSPS) is 16.0. The Bertz CT molecular complexity index is 577. The summed E-state index contributed by atoms with van der Waals surface area (Å²) in [6.45, 7) is 1.20. The Labute approximate surface area is 124 Å². The number of anilines is 1. The molecule has 6 nitrogen and oxygen atoms in total. The van der Waals surface area contributed by atoms with Gasteiger partial charge in [0.25, 0.3) is 0 Å². The second kappa shape index (κ2) is 6.56. The van der Waals surface area contributed by atoms with Crippen LogP contribution in [0.2, 0.25) is 0 Å². The predicted octanol–water partition coefficient (Wildman–Crippen LogP) is 2.38. The van der Waals surface area contributed by atoms with Gasteiger partial charge in [0.1, 0.15) is 12.4 Å². The van der Waals surface area contributed by atoms with Crippen LogP contribution in [0.4, 0.5) is 5.69 Å². The molecule has 1 aliphatic rings. The number of hydrogen-bond donors (Lipinski definition) is 1. The highest BCUT2D eigenvalue weighted by Crippen LogP contribution is 2.30. The first kappa shape index (κ1) is 13.9. The van der Waals surface area contributed by atoms with Gasteiger partial charge in [-0.25, -0.2) is 4.68 Å². The second-order valence-corrected chi connectivity index (χ2v) is 5.52. The zero-order valence-electron chi connectivity index (χ0n) is 12.1. The molecule has 1 aromatic carbocycles. The molecule has 0 bridgehead atoms. The highest BCUT2D eigenvalue weighted by atomic mass is 16.5. The van der Waals surface area contributed by atoms with Gasteiger partial charge in [-0.15, -0.1) is 5.10 Å². The molecule has 2 aromatic rings. The Balaban J connectivity index is 1.57. The lowest BCUT2D eigenvalue weighted by Crippen LogP contribution is -2.16. The van der Waals surface area contributed by atoms with Gasteiger partial charge in [-0.2, -0.15) is 0 Å². The molecule has 2 N–H and O–H groups in total. The van der Waals surface area contributed by atoms with E-state index in [0.29, 0.717) is 24.8 Å². The van der Waals surface area contributed by atoms with Gasteiger partial charge in [0, 0.05) is 17.7 Å². The summed E-state index contributed by atoms with van der Waals surface area (Å²) in [7, 11) is 0. The molecule has 0 atom stereocenters. The first-order valence-electron chi connectivity index (χ1n) is 7.57. The topological polar surface area (TPSA) is 78.9 Å². The first-order valence-corrected chi connectivity index (χ1v) is 7.57. The molecule has 112 valence electrons. The average molecular weight is 287 g/mol. The Morgan fingerprint density at radius 1 is 1.24 bits per heavy atom. The molecule has 1 aliphatic carbocycles. The summed E-state index contributed by atoms with van der Waals surface area (Å²) in [5.74, 6) is 2.29. The lowest BCUT2D eigenvalue weighted by molar-refractivity contribution is 0.283. The zero-order valence-corrected chi connectivity index (χ0v) is 12.1. The standard InChI is InChI=1S/C15H21N5O/c16-13-7-4-8-14(11-13)21-10-9-20-15(17-18-19-20)12-5-2-1-3-6-12/h4,7-8,11-12H,1-3,5-6,9-10,16H2. The third-order valence-electron chi connectivity index (χ3n) is 3.96. The van der Waals surface area contributed by atoms with Crippen molar-refractivity contribution in [1.82, 2.24) is 20.2 Å². The second-order valence-electron chi connectivity index (χ2n) is 5.52. The molecule has 3 rings (SSSR count). The number of benzene rings is 1. The third-order valence-corrected chi connectivity index (χ3v) is 3.96. The number of nitrogens with zero attached hydrogens (tertiary/aromatic N) is 4. The van der Waals surface area contributed by atoms with E-state index in [2.05, 4.69) is 15.5 Å². The van der Waals surface area contributed by atoms with Crippen LogP contribution in [0.15, 0.2) is 24.3 Å². The maximum Gasteiger partial charge on any atom is 0.154 e. The lowest BCUT2D eigenvalue weighted by Gasteiger charge is -2.20. The van der Waals surface area contributed by atoms with Crippen molar-refractivity contribution in [2.24, 2.45) is 0 Å². The average Bonchev–Trinajstić information content (AvgIpc) is 2.97. The lowest BCUT2D eigenvalue weighted by atomic mass is 9.89. The van der Waals surface area contributed by atoms with Crippen LogP contribution < -0.4 is 10.5 Å². The summed E-state index contributed by atoms with van der Waals surface area (Å²) in [6.07, 6.45) is 6.26. The van der Waals surface area contributed by atoms with Crippen molar-refractivity contribution in [2.45, 2.75) is 44.6 Å². The molecule has 0 spiro atoms. The molecule has 0 aliphatic heterocycles. The van der Waals surface area contributed by atoms with Gasteiger partial charge in [0.15, 0.2) is 5.82 Å². The number of hydrogen-bond acceptors (Lipinski definition) is 5. The molecule has 0 radical (unpaired) electrons. The SMILES string of the molecule is Nc1cccc(OCCn2nnnc2C2CCCCC2)c1. The van der Waals surface area contributed by atoms with Crippen LogP contribution in [0.3, 0.4) is 0 Å². The van der Waals surface area contributed by atoms with Gasteiger partial charge in [-0.05, 0) is 35.4 Å². The number of aromatic nitrogens is 4. The van der Waals surface area contributed by atoms with E-state index >= 15 is 0 Å². The summed E-state index contributed by atoms with van der Waals surface area (Å²) >= 11 is 0. The van der Waals surface area contributed by atoms with Crippen molar-refractivity contribution < 1.29 is 4.74 Å². The fourth-order valence-corrected chi connectivity index (χ4v) is 2.88. The summed E-state index contributed by atoms with van der Waals surface area (Å²) in [5.41, 5.74) is 6.44. The smallest absolute Gasteiger partial charge is 0.154 e. The number of nitrogens with two attached hydrogens (primary N) is 1. The molecule has 0 saturated heterocycles. The van der Waals surface area contributed by atoms with Crippen LogP contribution in [-0.4, -0.2) is 26.8 Å². The Morgan fingerprint density at radius 2 is 2.10 bits per heavy atom. The number of rotatable bonds is 5. The highest BCUT2D eigenvalue weighted by Gasteiger charge is 2.21. The molecule has 1 fully saturated rings. The van der Waals surface area contributed by atoms with Gasteiger partial charge >= 0.3 is 0 Å². The minimum Gasteiger partial charge on any atom is -0.492 e. The van der Waals surface area contributed by atoms with Crippen molar-refractivity contribution in [3.8, 4) is 5.75 Å². The zero-order chi connectivity index (χ0) is 14.5. The van der Waals surface area contributed by atoms with Gasteiger partial charge in [-0.1, -0.05) is 25.3 Å². The molecular weight excluding hydrogens is 266 g/mol. The van der Waals surface area contributed by atoms with Crippen LogP contribution in [0, 0.1) is 0 Å². The van der Waals surface area contributed by atoms with E-state index in [0.717, 1.165) is 11.6 Å². The van der Waals surface area contributed by atoms with Crippen molar-refractivity contribution in [3.63, 3.8) is 0 Å². The Kier molecular flexibility index (Phi) is 4.33. The van der Waals surface area contributed by atoms with Crippen molar-refractivity contribution in [2.75, 3.05) is 12.3 Å². The van der Waals surface area contributed by atoms with E-state index in [9.17, 15) is 0 Å². The molecule has 1 aromatic heterocycles. The largest absolute Gasteiger partial charge is 0.492 e. The first-order chi connectivity index (χ1) is 10.3. The van der Waals surface area contributed by atoms with Crippen LogP contribution in [0.5, 0.6) is 5.75 Å². The molecule has 0 amide bonds. The van der Waals surface area contributed by atoms with E-state index in [1.807, 2.05) is 28.9 Å². The Morgan fingerprint density at radius 3 is 2.90 bits per heavy atom. The van der Waals surface area contributed by atoms with E-state index in [1.54, 1.807) is 0 Å². The monoisotopic (exact) mass is 287 g/mol. The quantitative estimate of drug-likeness (QED) is 0.854. The van der Waals surface area contributed by atoms with Crippen LogP contribution in [0.1, 0.15) is 43.8 Å². The van der Waals surface area contributed by atoms with E-state index in [4.69, 9.17) is 10.5 Å². The molecule has 21 heavy (non-hydrogen) atoms. The third kappa shape index (κ3) is 3.51. The predicted molar refractivity (Wildman–Crippen MR) is 80.0 cm³/mol. The van der Waals surface area contributed by atoms with Gasteiger partial charge in [0.2, 0.25) is 0 Å². The number of nitrogen functional groups attached to an aromatic ring is 1.